The Balaban J connectivity index is 1.48. The van der Waals surface area contributed by atoms with Gasteiger partial charge in [0.15, 0.2) is 23.0 Å². The van der Waals surface area contributed by atoms with E-state index in [0.717, 1.165) is 54.7 Å². The predicted octanol–water partition coefficient (Wildman–Crippen LogP) is 4.67. The zero-order valence-corrected chi connectivity index (χ0v) is 16.3. The highest BCUT2D eigenvalue weighted by atomic mass is 16.7. The van der Waals surface area contributed by atoms with E-state index in [1.54, 1.807) is 7.11 Å². The van der Waals surface area contributed by atoms with Gasteiger partial charge in [-0.3, -0.25) is 0 Å². The maximum atomic E-state index is 5.87. The molecular weight excluding hydrogens is 342 g/mol. The number of unbranched alkanes of at least 4 members (excludes halogenated alkanes) is 3. The molecule has 3 rings (SSSR count). The summed E-state index contributed by atoms with van der Waals surface area (Å²) in [5.41, 5.74) is 2.32. The summed E-state index contributed by atoms with van der Waals surface area (Å²) in [5.74, 6) is 3.23. The fourth-order valence-corrected chi connectivity index (χ4v) is 3.05. The molecule has 1 N–H and O–H groups in total. The minimum absolute atomic E-state index is 0.305. The lowest BCUT2D eigenvalue weighted by Crippen LogP contribution is -2.12. The Morgan fingerprint density at radius 1 is 0.889 bits per heavy atom. The quantitative estimate of drug-likeness (QED) is 0.582. The highest BCUT2D eigenvalue weighted by Crippen LogP contribution is 2.32. The monoisotopic (exact) mass is 371 g/mol. The Morgan fingerprint density at radius 2 is 1.67 bits per heavy atom. The van der Waals surface area contributed by atoms with Crippen LogP contribution >= 0.6 is 0 Å². The lowest BCUT2D eigenvalue weighted by molar-refractivity contribution is 0.174. The molecule has 146 valence electrons. The van der Waals surface area contributed by atoms with E-state index in [2.05, 4.69) is 24.4 Å². The highest BCUT2D eigenvalue weighted by molar-refractivity contribution is 5.45. The van der Waals surface area contributed by atoms with Crippen molar-refractivity contribution in [3.8, 4) is 23.0 Å². The van der Waals surface area contributed by atoms with Gasteiger partial charge in [0.1, 0.15) is 0 Å². The van der Waals surface area contributed by atoms with E-state index >= 15 is 0 Å². The third kappa shape index (κ3) is 5.54. The molecule has 0 aliphatic carbocycles. The van der Waals surface area contributed by atoms with Crippen LogP contribution in [0.3, 0.4) is 0 Å². The molecule has 2 aromatic rings. The van der Waals surface area contributed by atoms with Crippen LogP contribution in [0.2, 0.25) is 0 Å². The number of methoxy groups -OCH3 is 1. The second kappa shape index (κ2) is 10.1. The molecule has 0 bridgehead atoms. The van der Waals surface area contributed by atoms with Crippen LogP contribution in [-0.4, -0.2) is 20.5 Å². The van der Waals surface area contributed by atoms with Crippen LogP contribution in [0.25, 0.3) is 0 Å². The molecule has 0 radical (unpaired) electrons. The molecule has 0 unspecified atom stereocenters. The van der Waals surface area contributed by atoms with E-state index in [9.17, 15) is 0 Å². The summed E-state index contributed by atoms with van der Waals surface area (Å²) in [7, 11) is 1.68. The lowest BCUT2D eigenvalue weighted by Gasteiger charge is -2.13. The molecule has 5 nitrogen and oxygen atoms in total. The van der Waals surface area contributed by atoms with Gasteiger partial charge in [0.25, 0.3) is 0 Å². The van der Waals surface area contributed by atoms with E-state index in [0.29, 0.717) is 6.79 Å². The van der Waals surface area contributed by atoms with Gasteiger partial charge < -0.3 is 24.3 Å². The summed E-state index contributed by atoms with van der Waals surface area (Å²) in [6.45, 7) is 4.76. The minimum Gasteiger partial charge on any atom is -0.493 e. The van der Waals surface area contributed by atoms with Crippen molar-refractivity contribution in [2.45, 2.75) is 45.7 Å². The fourth-order valence-electron chi connectivity index (χ4n) is 3.05. The van der Waals surface area contributed by atoms with Crippen molar-refractivity contribution in [2.75, 3.05) is 20.5 Å². The Kier molecular flexibility index (Phi) is 7.22. The number of hydrogen-bond acceptors (Lipinski definition) is 5. The molecule has 5 heteroatoms. The topological polar surface area (TPSA) is 49.0 Å². The van der Waals surface area contributed by atoms with Crippen molar-refractivity contribution in [2.24, 2.45) is 0 Å². The molecule has 2 aromatic carbocycles. The molecule has 1 heterocycles. The fraction of sp³-hybridized carbons (Fsp3) is 0.455. The molecule has 0 spiro atoms. The zero-order valence-electron chi connectivity index (χ0n) is 16.3. The minimum atomic E-state index is 0.305. The molecule has 0 aromatic heterocycles. The third-order valence-electron chi connectivity index (χ3n) is 4.58. The number of ether oxygens (including phenoxy) is 4. The van der Waals surface area contributed by atoms with Gasteiger partial charge in [0.05, 0.1) is 13.7 Å². The molecule has 27 heavy (non-hydrogen) atoms. The molecule has 1 aliphatic rings. The summed E-state index contributed by atoms with van der Waals surface area (Å²) in [4.78, 5) is 0. The van der Waals surface area contributed by atoms with Crippen LogP contribution in [0.5, 0.6) is 23.0 Å². The van der Waals surface area contributed by atoms with E-state index in [1.807, 2.05) is 24.3 Å². The summed E-state index contributed by atoms with van der Waals surface area (Å²) in [6.07, 6.45) is 4.78. The number of fused-ring (bicyclic) bond motifs is 1. The molecule has 0 fully saturated rings. The van der Waals surface area contributed by atoms with Crippen molar-refractivity contribution in [1.29, 1.82) is 0 Å². The van der Waals surface area contributed by atoms with Crippen LogP contribution in [0.4, 0.5) is 0 Å². The van der Waals surface area contributed by atoms with Gasteiger partial charge >= 0.3 is 0 Å². The Morgan fingerprint density at radius 3 is 2.48 bits per heavy atom. The van der Waals surface area contributed by atoms with E-state index in [-0.39, 0.29) is 0 Å². The van der Waals surface area contributed by atoms with Crippen LogP contribution in [0, 0.1) is 0 Å². The molecule has 0 atom stereocenters. The second-order valence-corrected chi connectivity index (χ2v) is 6.69. The van der Waals surface area contributed by atoms with Crippen LogP contribution in [0.15, 0.2) is 36.4 Å². The molecular formula is C22H29NO4. The van der Waals surface area contributed by atoms with Crippen molar-refractivity contribution >= 4 is 0 Å². The Hall–Kier alpha value is -2.40. The average molecular weight is 371 g/mol. The second-order valence-electron chi connectivity index (χ2n) is 6.69. The first-order valence-electron chi connectivity index (χ1n) is 9.69. The largest absolute Gasteiger partial charge is 0.493 e. The summed E-state index contributed by atoms with van der Waals surface area (Å²) < 4.78 is 22.1. The SMILES string of the molecule is CCCCCCOc1ccc(CNCc2ccc3c(c2)OCO3)cc1OC. The maximum absolute atomic E-state index is 5.87. The lowest BCUT2D eigenvalue weighted by atomic mass is 10.1. The van der Waals surface area contributed by atoms with Gasteiger partial charge in [-0.2, -0.15) is 0 Å². The van der Waals surface area contributed by atoms with Crippen molar-refractivity contribution in [1.82, 2.24) is 5.32 Å². The number of hydrogen-bond donors (Lipinski definition) is 1. The van der Waals surface area contributed by atoms with E-state index in [1.165, 1.54) is 24.8 Å². The highest BCUT2D eigenvalue weighted by Gasteiger charge is 2.13. The first kappa shape index (κ1) is 19.4. The average Bonchev–Trinajstić information content (AvgIpc) is 3.16. The Bertz CT molecular complexity index is 732. The normalized spacial score (nSPS) is 12.2. The van der Waals surface area contributed by atoms with Gasteiger partial charge in [0.2, 0.25) is 6.79 Å². The first-order chi connectivity index (χ1) is 13.3. The Labute approximate surface area is 161 Å². The van der Waals surface area contributed by atoms with Gasteiger partial charge in [0, 0.05) is 13.1 Å². The van der Waals surface area contributed by atoms with Crippen molar-refractivity contribution in [3.05, 3.63) is 47.5 Å². The van der Waals surface area contributed by atoms with Gasteiger partial charge in [-0.25, -0.2) is 0 Å². The van der Waals surface area contributed by atoms with E-state index in [4.69, 9.17) is 18.9 Å². The molecule has 0 saturated heterocycles. The third-order valence-corrected chi connectivity index (χ3v) is 4.58. The van der Waals surface area contributed by atoms with E-state index < -0.39 is 0 Å². The van der Waals surface area contributed by atoms with Gasteiger partial charge in [-0.05, 0) is 41.8 Å². The zero-order chi connectivity index (χ0) is 18.9. The van der Waals surface area contributed by atoms with Gasteiger partial charge in [-0.1, -0.05) is 38.3 Å². The van der Waals surface area contributed by atoms with Crippen molar-refractivity contribution < 1.29 is 18.9 Å². The summed E-state index contributed by atoms with van der Waals surface area (Å²) in [6, 6.07) is 12.1. The first-order valence-corrected chi connectivity index (χ1v) is 9.69. The van der Waals surface area contributed by atoms with Crippen LogP contribution in [0.1, 0.15) is 43.7 Å². The molecule has 0 saturated carbocycles. The number of benzene rings is 2. The standard InChI is InChI=1S/C22H29NO4/c1-3-4-5-6-11-25-19-9-7-17(12-21(19)24-2)14-23-15-18-8-10-20-22(13-18)27-16-26-20/h7-10,12-13,23H,3-6,11,14-16H2,1-2H3. The van der Waals surface area contributed by atoms with Gasteiger partial charge in [-0.15, -0.1) is 0 Å². The number of nitrogens with one attached hydrogen (secondary N) is 1. The van der Waals surface area contributed by atoms with Crippen molar-refractivity contribution in [3.63, 3.8) is 0 Å². The maximum Gasteiger partial charge on any atom is 0.231 e. The van der Waals surface area contributed by atoms with Crippen LogP contribution in [-0.2, 0) is 13.1 Å². The summed E-state index contributed by atoms with van der Waals surface area (Å²) in [5, 5.41) is 3.45. The van der Waals surface area contributed by atoms with Crippen LogP contribution < -0.4 is 24.3 Å². The number of rotatable bonds is 11. The molecule has 0 amide bonds. The summed E-state index contributed by atoms with van der Waals surface area (Å²) >= 11 is 0. The predicted molar refractivity (Wildman–Crippen MR) is 106 cm³/mol. The smallest absolute Gasteiger partial charge is 0.231 e. The molecule has 1 aliphatic heterocycles.